The number of carbonyl (C=O) groups excluding carboxylic acids is 3. The van der Waals surface area contributed by atoms with Gasteiger partial charge in [0.05, 0.1) is 22.1 Å². The van der Waals surface area contributed by atoms with Crippen LogP contribution >= 0.6 is 0 Å². The number of benzene rings is 1. The summed E-state index contributed by atoms with van der Waals surface area (Å²) in [5, 5.41) is 5.90. The molecule has 2 spiro atoms. The summed E-state index contributed by atoms with van der Waals surface area (Å²) in [6, 6.07) is 5.66. The summed E-state index contributed by atoms with van der Waals surface area (Å²) in [6.07, 6.45) is 11.7. The third-order valence-corrected chi connectivity index (χ3v) is 17.7. The fraction of sp³-hybridized carbons (Fsp3) is 0.674. The third-order valence-electron chi connectivity index (χ3n) is 15.8. The van der Waals surface area contributed by atoms with Crippen LogP contribution in [0.4, 0.5) is 17.5 Å². The SMILES string of the molecule is CC1CCCC1N1C(=O)C2(CC2)c2cnc(NC3CCN(S(=O)(=O)N4CC5(CCCN(C6CCN(c7cccc8c7n(C)c(=O)n8C7CCC(=O)NC7=O)C6)C5)C4)CC3)nc21. The van der Waals surface area contributed by atoms with Crippen LogP contribution in [0.5, 0.6) is 0 Å². The van der Waals surface area contributed by atoms with Crippen molar-refractivity contribution in [3.05, 3.63) is 40.4 Å². The van der Waals surface area contributed by atoms with E-state index in [9.17, 15) is 27.6 Å². The molecular formula is C43H57N11O6S. The van der Waals surface area contributed by atoms with Crippen molar-refractivity contribution >= 4 is 56.4 Å². The summed E-state index contributed by atoms with van der Waals surface area (Å²) < 4.78 is 34.5. The van der Waals surface area contributed by atoms with Gasteiger partial charge in [-0.3, -0.25) is 38.6 Å². The molecule has 3 amide bonds. The summed E-state index contributed by atoms with van der Waals surface area (Å²) in [5.74, 6) is 1.19. The number of amides is 3. The number of anilines is 3. The zero-order valence-corrected chi connectivity index (χ0v) is 36.0. The monoisotopic (exact) mass is 855 g/mol. The fourth-order valence-electron chi connectivity index (χ4n) is 12.2. The van der Waals surface area contributed by atoms with E-state index in [4.69, 9.17) is 4.98 Å². The number of likely N-dealkylation sites (tertiary alicyclic amines) is 1. The molecule has 8 aliphatic rings. The Morgan fingerprint density at radius 1 is 0.885 bits per heavy atom. The van der Waals surface area contributed by atoms with Crippen molar-refractivity contribution in [2.45, 2.75) is 114 Å². The van der Waals surface area contributed by atoms with Crippen molar-refractivity contribution in [3.63, 3.8) is 0 Å². The number of para-hydroxylation sites is 1. The average molecular weight is 856 g/mol. The number of imidazole rings is 1. The lowest BCUT2D eigenvalue weighted by Crippen LogP contribution is -2.67. The third kappa shape index (κ3) is 6.27. The van der Waals surface area contributed by atoms with Gasteiger partial charge in [-0.15, -0.1) is 0 Å². The molecule has 5 saturated heterocycles. The van der Waals surface area contributed by atoms with Crippen LogP contribution < -0.4 is 26.1 Å². The Morgan fingerprint density at radius 2 is 1.69 bits per heavy atom. The summed E-state index contributed by atoms with van der Waals surface area (Å²) in [7, 11) is -1.85. The summed E-state index contributed by atoms with van der Waals surface area (Å²) in [6.45, 7) is 7.64. The van der Waals surface area contributed by atoms with Gasteiger partial charge < -0.3 is 10.2 Å². The van der Waals surface area contributed by atoms with Crippen molar-refractivity contribution in [3.8, 4) is 0 Å². The Morgan fingerprint density at radius 3 is 2.43 bits per heavy atom. The predicted octanol–water partition coefficient (Wildman–Crippen LogP) is 2.47. The minimum Gasteiger partial charge on any atom is -0.368 e. The lowest BCUT2D eigenvalue weighted by atomic mass is 9.74. The molecule has 1 aromatic carbocycles. The van der Waals surface area contributed by atoms with Crippen LogP contribution in [0.2, 0.25) is 0 Å². The lowest BCUT2D eigenvalue weighted by Gasteiger charge is -2.55. The van der Waals surface area contributed by atoms with E-state index in [0.717, 1.165) is 100 Å². The highest BCUT2D eigenvalue weighted by molar-refractivity contribution is 7.86. The number of fused-ring (bicyclic) bond motifs is 3. The molecule has 4 unspecified atom stereocenters. The van der Waals surface area contributed by atoms with E-state index in [2.05, 4.69) is 32.3 Å². The van der Waals surface area contributed by atoms with Gasteiger partial charge in [0.25, 0.3) is 10.2 Å². The molecule has 18 heteroatoms. The quantitative estimate of drug-likeness (QED) is 0.318. The van der Waals surface area contributed by atoms with Gasteiger partial charge in [-0.1, -0.05) is 19.4 Å². The molecule has 3 aromatic rings. The van der Waals surface area contributed by atoms with Gasteiger partial charge in [-0.05, 0) is 88.8 Å². The van der Waals surface area contributed by atoms with E-state index in [-0.39, 0.29) is 41.4 Å². The number of aromatic nitrogens is 4. The Labute approximate surface area is 356 Å². The first-order valence-corrected chi connectivity index (χ1v) is 24.0. The molecular weight excluding hydrogens is 799 g/mol. The first-order valence-electron chi connectivity index (χ1n) is 22.6. The molecule has 11 rings (SSSR count). The summed E-state index contributed by atoms with van der Waals surface area (Å²) in [4.78, 5) is 68.4. The highest BCUT2D eigenvalue weighted by Gasteiger charge is 2.62. The predicted molar refractivity (Wildman–Crippen MR) is 228 cm³/mol. The second kappa shape index (κ2) is 14.3. The van der Waals surface area contributed by atoms with Crippen molar-refractivity contribution in [2.24, 2.45) is 18.4 Å². The van der Waals surface area contributed by atoms with E-state index in [1.54, 1.807) is 24.8 Å². The van der Waals surface area contributed by atoms with E-state index >= 15 is 0 Å². The summed E-state index contributed by atoms with van der Waals surface area (Å²) >= 11 is 0. The molecule has 8 heterocycles. The zero-order chi connectivity index (χ0) is 42.0. The largest absolute Gasteiger partial charge is 0.368 e. The molecule has 0 radical (unpaired) electrons. The highest BCUT2D eigenvalue weighted by Crippen LogP contribution is 2.58. The fourth-order valence-corrected chi connectivity index (χ4v) is 14.1. The topological polar surface area (TPSA) is 178 Å². The maximum absolute atomic E-state index is 14.0. The first-order chi connectivity index (χ1) is 29.4. The van der Waals surface area contributed by atoms with Crippen LogP contribution in [0.1, 0.15) is 95.6 Å². The zero-order valence-electron chi connectivity index (χ0n) is 35.2. The molecule has 6 aliphatic heterocycles. The molecule has 7 fully saturated rings. The maximum atomic E-state index is 14.0. The average Bonchev–Trinajstić information content (AvgIpc) is 3.44. The molecule has 326 valence electrons. The van der Waals surface area contributed by atoms with Gasteiger partial charge in [0.1, 0.15) is 11.9 Å². The standard InChI is InChI=1S/C43H57N11O6S/c1-27-6-3-7-31(27)54-37-30(43(16-17-43)39(54)57)22-44-40(47-37)45-28-12-20-51(21-13-28)61(59,60)52-25-42(26-52)15-5-18-50(24-42)29-14-19-49(23-29)32-8-4-9-33-36(32)48(2)41(58)53(33)34-10-11-35(55)46-38(34)56/h4,8-9,22,27-29,31,34H,3,5-7,10-21,23-26H2,1-2H3,(H,44,45,47)(H,46,55,56). The van der Waals surface area contributed by atoms with Crippen molar-refractivity contribution in [1.82, 2.24) is 37.9 Å². The minimum atomic E-state index is -3.60. The Hall–Kier alpha value is -4.39. The van der Waals surface area contributed by atoms with Crippen LogP contribution in [-0.2, 0) is 37.1 Å². The minimum absolute atomic E-state index is 0.0399. The van der Waals surface area contributed by atoms with Gasteiger partial charge in [-0.25, -0.2) is 9.78 Å². The molecule has 4 atom stereocenters. The van der Waals surface area contributed by atoms with Crippen LogP contribution in [0, 0.1) is 11.3 Å². The van der Waals surface area contributed by atoms with Gasteiger partial charge >= 0.3 is 5.69 Å². The number of aryl methyl sites for hydroxylation is 1. The van der Waals surface area contributed by atoms with Crippen molar-refractivity contribution in [1.29, 1.82) is 0 Å². The van der Waals surface area contributed by atoms with Crippen LogP contribution in [0.25, 0.3) is 11.0 Å². The molecule has 2 aromatic heterocycles. The van der Waals surface area contributed by atoms with E-state index in [1.807, 2.05) is 29.3 Å². The highest BCUT2D eigenvalue weighted by atomic mass is 32.2. The number of nitrogens with zero attached hydrogens (tertiary/aromatic N) is 9. The Balaban J connectivity index is 0.706. The number of piperidine rings is 3. The van der Waals surface area contributed by atoms with E-state index in [1.165, 1.54) is 0 Å². The van der Waals surface area contributed by atoms with E-state index < -0.39 is 27.6 Å². The molecule has 17 nitrogen and oxygen atoms in total. The van der Waals surface area contributed by atoms with Gasteiger partial charge in [0.2, 0.25) is 23.7 Å². The smallest absolute Gasteiger partial charge is 0.329 e. The number of carbonyl (C=O) groups is 3. The molecule has 2 aliphatic carbocycles. The number of hydrogen-bond acceptors (Lipinski definition) is 11. The number of rotatable bonds is 8. The van der Waals surface area contributed by atoms with Crippen LogP contribution in [0.3, 0.4) is 0 Å². The number of imide groups is 1. The number of hydrogen-bond donors (Lipinski definition) is 2. The second-order valence-corrected chi connectivity index (χ2v) is 21.5. The van der Waals surface area contributed by atoms with Gasteiger partial charge in [0, 0.05) is 94.6 Å². The Kier molecular flexibility index (Phi) is 9.26. The van der Waals surface area contributed by atoms with Gasteiger partial charge in [-0.2, -0.15) is 22.0 Å². The van der Waals surface area contributed by atoms with E-state index in [0.29, 0.717) is 68.9 Å². The van der Waals surface area contributed by atoms with Crippen LogP contribution in [0.15, 0.2) is 29.2 Å². The molecule has 61 heavy (non-hydrogen) atoms. The summed E-state index contributed by atoms with van der Waals surface area (Å²) in [5.41, 5.74) is 2.66. The second-order valence-electron chi connectivity index (χ2n) is 19.5. The molecule has 0 bridgehead atoms. The Bertz CT molecular complexity index is 2490. The van der Waals surface area contributed by atoms with Crippen LogP contribution in [-0.4, -0.2) is 129 Å². The number of nitrogens with one attached hydrogen (secondary N) is 2. The lowest BCUT2D eigenvalue weighted by molar-refractivity contribution is -0.135. The normalized spacial score (nSPS) is 29.5. The first kappa shape index (κ1) is 39.5. The molecule has 2 N–H and O–H groups in total. The van der Waals surface area contributed by atoms with Gasteiger partial charge in [0.15, 0.2) is 0 Å². The maximum Gasteiger partial charge on any atom is 0.329 e. The molecule has 2 saturated carbocycles. The van der Waals surface area contributed by atoms with Crippen molar-refractivity contribution < 1.29 is 22.8 Å². The van der Waals surface area contributed by atoms with Crippen molar-refractivity contribution in [2.75, 3.05) is 67.5 Å².